The van der Waals surface area contributed by atoms with Gasteiger partial charge in [0.15, 0.2) is 0 Å². The standard InChI is InChI=1S/C13H18N4O2/c14-10-6-15-12(5-9(10)13(18)19)16-11-7-17-3-1-8(11)2-4-17/h5-6,8,11H,1-4,7,14H2,(H,15,16)(H,18,19). The van der Waals surface area contributed by atoms with E-state index in [2.05, 4.69) is 15.2 Å². The average molecular weight is 262 g/mol. The molecule has 1 aromatic rings. The number of carbonyl (C=O) groups is 1. The van der Waals surface area contributed by atoms with Crippen molar-refractivity contribution in [2.75, 3.05) is 30.7 Å². The molecule has 4 N–H and O–H groups in total. The molecule has 3 aliphatic rings. The maximum Gasteiger partial charge on any atom is 0.337 e. The number of aromatic nitrogens is 1. The lowest BCUT2D eigenvalue weighted by molar-refractivity contribution is 0.0698. The van der Waals surface area contributed by atoms with Crippen molar-refractivity contribution in [2.24, 2.45) is 5.92 Å². The van der Waals surface area contributed by atoms with Crippen molar-refractivity contribution in [1.29, 1.82) is 0 Å². The van der Waals surface area contributed by atoms with E-state index in [0.717, 1.165) is 6.54 Å². The van der Waals surface area contributed by atoms with Crippen LogP contribution >= 0.6 is 0 Å². The Morgan fingerprint density at radius 3 is 2.79 bits per heavy atom. The summed E-state index contributed by atoms with van der Waals surface area (Å²) in [6.07, 6.45) is 3.82. The highest BCUT2D eigenvalue weighted by atomic mass is 16.4. The zero-order chi connectivity index (χ0) is 13.4. The molecule has 1 atom stereocenters. The van der Waals surface area contributed by atoms with Crippen LogP contribution in [0.2, 0.25) is 0 Å². The van der Waals surface area contributed by atoms with Crippen LogP contribution in [-0.4, -0.2) is 46.6 Å². The van der Waals surface area contributed by atoms with Gasteiger partial charge in [-0.2, -0.15) is 0 Å². The van der Waals surface area contributed by atoms with Crippen LogP contribution in [0.4, 0.5) is 11.5 Å². The highest BCUT2D eigenvalue weighted by molar-refractivity contribution is 5.94. The first-order chi connectivity index (χ1) is 9.13. The number of hydrogen-bond donors (Lipinski definition) is 3. The lowest BCUT2D eigenvalue weighted by Gasteiger charge is -2.45. The Morgan fingerprint density at radius 1 is 1.47 bits per heavy atom. The molecule has 0 saturated carbocycles. The number of carboxylic acids is 1. The highest BCUT2D eigenvalue weighted by Crippen LogP contribution is 2.29. The van der Waals surface area contributed by atoms with Gasteiger partial charge >= 0.3 is 5.97 Å². The second kappa shape index (κ2) is 4.70. The van der Waals surface area contributed by atoms with Crippen molar-refractivity contribution in [3.63, 3.8) is 0 Å². The van der Waals surface area contributed by atoms with Crippen LogP contribution < -0.4 is 11.1 Å². The molecule has 0 spiro atoms. The number of anilines is 2. The molecule has 2 bridgehead atoms. The van der Waals surface area contributed by atoms with Crippen LogP contribution in [-0.2, 0) is 0 Å². The SMILES string of the molecule is Nc1cnc(NC2CN3CCC2CC3)cc1C(=O)O. The predicted octanol–water partition coefficient (Wildman–Crippen LogP) is 0.868. The van der Waals surface area contributed by atoms with Crippen LogP contribution in [0.5, 0.6) is 0 Å². The Morgan fingerprint density at radius 2 is 2.21 bits per heavy atom. The van der Waals surface area contributed by atoms with E-state index >= 15 is 0 Å². The van der Waals surface area contributed by atoms with Crippen molar-refractivity contribution in [1.82, 2.24) is 9.88 Å². The Bertz CT molecular complexity index is 497. The summed E-state index contributed by atoms with van der Waals surface area (Å²) in [4.78, 5) is 17.7. The summed E-state index contributed by atoms with van der Waals surface area (Å²) in [6, 6.07) is 1.88. The van der Waals surface area contributed by atoms with E-state index in [4.69, 9.17) is 10.8 Å². The molecule has 3 fully saturated rings. The Labute approximate surface area is 111 Å². The predicted molar refractivity (Wildman–Crippen MR) is 72.2 cm³/mol. The molecule has 6 heteroatoms. The molecule has 4 heterocycles. The van der Waals surface area contributed by atoms with Gasteiger partial charge in [-0.05, 0) is 37.9 Å². The largest absolute Gasteiger partial charge is 0.478 e. The van der Waals surface area contributed by atoms with Gasteiger partial charge < -0.3 is 21.1 Å². The molecular weight excluding hydrogens is 244 g/mol. The van der Waals surface area contributed by atoms with Crippen LogP contribution in [0.3, 0.4) is 0 Å². The zero-order valence-corrected chi connectivity index (χ0v) is 10.7. The summed E-state index contributed by atoms with van der Waals surface area (Å²) in [6.45, 7) is 3.37. The van der Waals surface area contributed by atoms with Crippen molar-refractivity contribution < 1.29 is 9.90 Å². The Kier molecular flexibility index (Phi) is 3.02. The number of pyridine rings is 1. The van der Waals surface area contributed by atoms with E-state index in [1.165, 1.54) is 38.2 Å². The topological polar surface area (TPSA) is 91.5 Å². The van der Waals surface area contributed by atoms with E-state index in [1.54, 1.807) is 0 Å². The third kappa shape index (κ3) is 2.35. The molecule has 6 nitrogen and oxygen atoms in total. The lowest BCUT2D eigenvalue weighted by atomic mass is 9.84. The van der Waals surface area contributed by atoms with Crippen molar-refractivity contribution in [3.05, 3.63) is 17.8 Å². The first-order valence-corrected chi connectivity index (χ1v) is 6.61. The van der Waals surface area contributed by atoms with Gasteiger partial charge in [0.1, 0.15) is 5.82 Å². The van der Waals surface area contributed by atoms with Crippen molar-refractivity contribution >= 4 is 17.5 Å². The molecule has 0 aliphatic carbocycles. The lowest BCUT2D eigenvalue weighted by Crippen LogP contribution is -2.53. The molecular formula is C13H18N4O2. The molecule has 0 aromatic carbocycles. The molecule has 0 radical (unpaired) electrons. The van der Waals surface area contributed by atoms with Gasteiger partial charge in [-0.15, -0.1) is 0 Å². The molecule has 1 aromatic heterocycles. The Balaban J connectivity index is 1.76. The molecule has 1 unspecified atom stereocenters. The van der Waals surface area contributed by atoms with Gasteiger partial charge in [0, 0.05) is 12.6 Å². The fourth-order valence-corrected chi connectivity index (χ4v) is 3.05. The van der Waals surface area contributed by atoms with Crippen molar-refractivity contribution in [3.8, 4) is 0 Å². The third-order valence-electron chi connectivity index (χ3n) is 4.15. The maximum atomic E-state index is 11.0. The number of aromatic carboxylic acids is 1. The van der Waals surface area contributed by atoms with Gasteiger partial charge in [-0.1, -0.05) is 0 Å². The van der Waals surface area contributed by atoms with E-state index < -0.39 is 5.97 Å². The molecule has 0 amide bonds. The normalized spacial score (nSPS) is 29.2. The Hall–Kier alpha value is -1.82. The van der Waals surface area contributed by atoms with E-state index in [0.29, 0.717) is 17.8 Å². The number of hydrogen-bond acceptors (Lipinski definition) is 5. The van der Waals surface area contributed by atoms with E-state index in [1.807, 2.05) is 0 Å². The number of nitrogens with two attached hydrogens (primary N) is 1. The highest BCUT2D eigenvalue weighted by Gasteiger charge is 2.34. The average Bonchev–Trinajstić information content (AvgIpc) is 2.42. The van der Waals surface area contributed by atoms with Crippen LogP contribution in [0.25, 0.3) is 0 Å². The number of piperidine rings is 3. The molecule has 3 saturated heterocycles. The van der Waals surface area contributed by atoms with Gasteiger partial charge in [0.25, 0.3) is 0 Å². The summed E-state index contributed by atoms with van der Waals surface area (Å²) in [5.41, 5.74) is 5.92. The second-order valence-electron chi connectivity index (χ2n) is 5.35. The smallest absolute Gasteiger partial charge is 0.337 e. The number of rotatable bonds is 3. The first kappa shape index (κ1) is 12.2. The molecule has 19 heavy (non-hydrogen) atoms. The number of carboxylic acid groups (broad SMARTS) is 1. The fraction of sp³-hybridized carbons (Fsp3) is 0.538. The summed E-state index contributed by atoms with van der Waals surface area (Å²) in [5, 5.41) is 12.4. The van der Waals surface area contributed by atoms with Crippen LogP contribution in [0.15, 0.2) is 12.3 Å². The van der Waals surface area contributed by atoms with Gasteiger partial charge in [0.05, 0.1) is 17.4 Å². The summed E-state index contributed by atoms with van der Waals surface area (Å²) in [5.74, 6) is 0.250. The van der Waals surface area contributed by atoms with Gasteiger partial charge in [0.2, 0.25) is 0 Å². The first-order valence-electron chi connectivity index (χ1n) is 6.61. The molecule has 4 rings (SSSR count). The van der Waals surface area contributed by atoms with Crippen LogP contribution in [0, 0.1) is 5.92 Å². The monoisotopic (exact) mass is 262 g/mol. The minimum Gasteiger partial charge on any atom is -0.478 e. The number of nitrogens with zero attached hydrogens (tertiary/aromatic N) is 2. The third-order valence-corrected chi connectivity index (χ3v) is 4.15. The minimum absolute atomic E-state index is 0.110. The van der Waals surface area contributed by atoms with Crippen molar-refractivity contribution in [2.45, 2.75) is 18.9 Å². The van der Waals surface area contributed by atoms with E-state index in [-0.39, 0.29) is 11.3 Å². The second-order valence-corrected chi connectivity index (χ2v) is 5.35. The van der Waals surface area contributed by atoms with E-state index in [9.17, 15) is 4.79 Å². The summed E-state index contributed by atoms with van der Waals surface area (Å²) in [7, 11) is 0. The molecule has 102 valence electrons. The zero-order valence-electron chi connectivity index (χ0n) is 10.7. The maximum absolute atomic E-state index is 11.0. The summed E-state index contributed by atoms with van der Waals surface area (Å²) >= 11 is 0. The quantitative estimate of drug-likeness (QED) is 0.748. The van der Waals surface area contributed by atoms with Gasteiger partial charge in [-0.25, -0.2) is 9.78 Å². The summed E-state index contributed by atoms with van der Waals surface area (Å²) < 4.78 is 0. The fourth-order valence-electron chi connectivity index (χ4n) is 3.05. The van der Waals surface area contributed by atoms with Crippen LogP contribution in [0.1, 0.15) is 23.2 Å². The van der Waals surface area contributed by atoms with Gasteiger partial charge in [-0.3, -0.25) is 0 Å². The number of nitrogen functional groups attached to an aromatic ring is 1. The molecule has 3 aliphatic heterocycles. The minimum atomic E-state index is -1.02. The number of nitrogens with one attached hydrogen (secondary N) is 1. The number of fused-ring (bicyclic) bond motifs is 3.